The number of nitrogens with one attached hydrogen (secondary N) is 1. The van der Waals surface area contributed by atoms with Crippen LogP contribution < -0.4 is 11.1 Å². The number of thiazole rings is 1. The van der Waals surface area contributed by atoms with Gasteiger partial charge in [0.2, 0.25) is 0 Å². The van der Waals surface area contributed by atoms with Gasteiger partial charge >= 0.3 is 0 Å². The van der Waals surface area contributed by atoms with Crippen molar-refractivity contribution in [3.8, 4) is 0 Å². The maximum Gasteiger partial charge on any atom is 0.188 e. The summed E-state index contributed by atoms with van der Waals surface area (Å²) in [4.78, 5) is 12.6. The van der Waals surface area contributed by atoms with E-state index in [4.69, 9.17) is 5.73 Å². The van der Waals surface area contributed by atoms with Gasteiger partial charge in [0.15, 0.2) is 10.9 Å². The summed E-state index contributed by atoms with van der Waals surface area (Å²) < 4.78 is 0. The maximum absolute atomic E-state index is 5.47. The zero-order valence-corrected chi connectivity index (χ0v) is 10.9. The quantitative estimate of drug-likeness (QED) is 0.855. The van der Waals surface area contributed by atoms with Crippen LogP contribution in [0, 0.1) is 0 Å². The van der Waals surface area contributed by atoms with Crippen LogP contribution in [0.1, 0.15) is 26.5 Å². The summed E-state index contributed by atoms with van der Waals surface area (Å²) in [6.45, 7) is 6.40. The Morgan fingerprint density at radius 1 is 1.24 bits per heavy atom. The molecule has 0 fully saturated rings. The van der Waals surface area contributed by atoms with E-state index in [2.05, 4.69) is 41.0 Å². The molecule has 90 valence electrons. The van der Waals surface area contributed by atoms with Gasteiger partial charge in [-0.25, -0.2) is 15.0 Å². The SMILES string of the molecule is CC(C)(C)c1csc(Nc2cnc(N)cn2)n1. The highest BCUT2D eigenvalue weighted by Gasteiger charge is 2.17. The fourth-order valence-corrected chi connectivity index (χ4v) is 2.13. The van der Waals surface area contributed by atoms with E-state index in [0.29, 0.717) is 11.6 Å². The smallest absolute Gasteiger partial charge is 0.188 e. The van der Waals surface area contributed by atoms with Crippen molar-refractivity contribution in [2.45, 2.75) is 26.2 Å². The summed E-state index contributed by atoms with van der Waals surface area (Å²) in [7, 11) is 0. The zero-order valence-electron chi connectivity index (χ0n) is 10.1. The van der Waals surface area contributed by atoms with Crippen LogP contribution in [0.2, 0.25) is 0 Å². The topological polar surface area (TPSA) is 76.7 Å². The molecular formula is C11H15N5S. The van der Waals surface area contributed by atoms with Crippen molar-refractivity contribution in [2.75, 3.05) is 11.1 Å². The summed E-state index contributed by atoms with van der Waals surface area (Å²) in [6, 6.07) is 0. The third-order valence-corrected chi connectivity index (χ3v) is 2.94. The van der Waals surface area contributed by atoms with Crippen LogP contribution in [0.4, 0.5) is 16.8 Å². The highest BCUT2D eigenvalue weighted by atomic mass is 32.1. The van der Waals surface area contributed by atoms with Crippen LogP contribution in [-0.4, -0.2) is 15.0 Å². The van der Waals surface area contributed by atoms with Gasteiger partial charge in [0.05, 0.1) is 18.1 Å². The molecule has 0 amide bonds. The summed E-state index contributed by atoms with van der Waals surface area (Å²) in [5.41, 5.74) is 6.59. The molecule has 0 radical (unpaired) electrons. The molecule has 6 heteroatoms. The van der Waals surface area contributed by atoms with Crippen LogP contribution in [0.25, 0.3) is 0 Å². The van der Waals surface area contributed by atoms with Crippen molar-refractivity contribution >= 4 is 28.1 Å². The third kappa shape index (κ3) is 2.91. The van der Waals surface area contributed by atoms with Crippen LogP contribution in [0.3, 0.4) is 0 Å². The molecule has 0 aromatic carbocycles. The van der Waals surface area contributed by atoms with E-state index in [9.17, 15) is 0 Å². The maximum atomic E-state index is 5.47. The molecule has 17 heavy (non-hydrogen) atoms. The first-order chi connectivity index (χ1) is 7.95. The fraction of sp³-hybridized carbons (Fsp3) is 0.364. The largest absolute Gasteiger partial charge is 0.382 e. The van der Waals surface area contributed by atoms with E-state index >= 15 is 0 Å². The first kappa shape index (κ1) is 11.8. The molecule has 0 saturated heterocycles. The normalized spacial score (nSPS) is 11.5. The van der Waals surface area contributed by atoms with Crippen LogP contribution in [-0.2, 0) is 5.41 Å². The Bertz CT molecular complexity index is 497. The molecule has 3 N–H and O–H groups in total. The standard InChI is InChI=1S/C11H15N5S/c1-11(2,3)7-6-17-10(15-7)16-9-5-13-8(12)4-14-9/h4-6H,1-3H3,(H2,12,13)(H,14,15,16). The summed E-state index contributed by atoms with van der Waals surface area (Å²) in [5, 5.41) is 5.96. The predicted molar refractivity (Wildman–Crippen MR) is 70.5 cm³/mol. The van der Waals surface area contributed by atoms with E-state index in [1.165, 1.54) is 6.20 Å². The number of anilines is 3. The second-order valence-corrected chi connectivity index (χ2v) is 5.60. The van der Waals surface area contributed by atoms with Gasteiger partial charge in [-0.2, -0.15) is 0 Å². The third-order valence-electron chi connectivity index (χ3n) is 2.18. The average Bonchev–Trinajstić information content (AvgIpc) is 2.69. The van der Waals surface area contributed by atoms with E-state index < -0.39 is 0 Å². The number of nitrogens with zero attached hydrogens (tertiary/aromatic N) is 3. The van der Waals surface area contributed by atoms with Crippen molar-refractivity contribution in [2.24, 2.45) is 0 Å². The Balaban J connectivity index is 2.14. The van der Waals surface area contributed by atoms with Gasteiger partial charge in [0, 0.05) is 10.8 Å². The van der Waals surface area contributed by atoms with Gasteiger partial charge in [-0.15, -0.1) is 11.3 Å². The van der Waals surface area contributed by atoms with E-state index in [1.54, 1.807) is 17.5 Å². The first-order valence-electron chi connectivity index (χ1n) is 5.26. The van der Waals surface area contributed by atoms with Crippen molar-refractivity contribution in [1.82, 2.24) is 15.0 Å². The number of rotatable bonds is 2. The lowest BCUT2D eigenvalue weighted by Gasteiger charge is -2.14. The minimum absolute atomic E-state index is 0.0588. The Morgan fingerprint density at radius 3 is 2.53 bits per heavy atom. The molecule has 0 aliphatic carbocycles. The Labute approximate surface area is 104 Å². The molecule has 0 bridgehead atoms. The summed E-state index contributed by atoms with van der Waals surface area (Å²) in [5.74, 6) is 1.05. The lowest BCUT2D eigenvalue weighted by Crippen LogP contribution is -2.11. The molecule has 0 aliphatic rings. The summed E-state index contributed by atoms with van der Waals surface area (Å²) >= 11 is 1.55. The Kier molecular flexibility index (Phi) is 2.97. The van der Waals surface area contributed by atoms with E-state index in [1.807, 2.05) is 5.38 Å². The van der Waals surface area contributed by atoms with Crippen molar-refractivity contribution in [1.29, 1.82) is 0 Å². The molecule has 2 heterocycles. The minimum atomic E-state index is 0.0588. The minimum Gasteiger partial charge on any atom is -0.382 e. The van der Waals surface area contributed by atoms with Gasteiger partial charge in [0.25, 0.3) is 0 Å². The molecule has 0 unspecified atom stereocenters. The van der Waals surface area contributed by atoms with Crippen LogP contribution in [0.5, 0.6) is 0 Å². The second kappa shape index (κ2) is 4.29. The van der Waals surface area contributed by atoms with Crippen LogP contribution >= 0.6 is 11.3 Å². The van der Waals surface area contributed by atoms with Crippen LogP contribution in [0.15, 0.2) is 17.8 Å². The highest BCUT2D eigenvalue weighted by molar-refractivity contribution is 7.13. The number of nitrogen functional groups attached to an aromatic ring is 1. The number of nitrogens with two attached hydrogens (primary N) is 1. The number of hydrogen-bond acceptors (Lipinski definition) is 6. The molecular weight excluding hydrogens is 234 g/mol. The fourth-order valence-electron chi connectivity index (χ4n) is 1.19. The van der Waals surface area contributed by atoms with Gasteiger partial charge in [-0.1, -0.05) is 20.8 Å². The Morgan fingerprint density at radius 2 is 2.00 bits per heavy atom. The monoisotopic (exact) mass is 249 g/mol. The highest BCUT2D eigenvalue weighted by Crippen LogP contribution is 2.27. The zero-order chi connectivity index (χ0) is 12.5. The lowest BCUT2D eigenvalue weighted by molar-refractivity contribution is 0.573. The van der Waals surface area contributed by atoms with Gasteiger partial charge in [-0.3, -0.25) is 0 Å². The van der Waals surface area contributed by atoms with Crippen molar-refractivity contribution in [3.63, 3.8) is 0 Å². The second-order valence-electron chi connectivity index (χ2n) is 4.74. The molecule has 0 saturated carbocycles. The number of aromatic nitrogens is 3. The van der Waals surface area contributed by atoms with Gasteiger partial charge in [-0.05, 0) is 0 Å². The lowest BCUT2D eigenvalue weighted by atomic mass is 9.93. The van der Waals surface area contributed by atoms with Gasteiger partial charge in [0.1, 0.15) is 5.82 Å². The summed E-state index contributed by atoms with van der Waals surface area (Å²) in [6.07, 6.45) is 3.11. The average molecular weight is 249 g/mol. The van der Waals surface area contributed by atoms with Crippen molar-refractivity contribution < 1.29 is 0 Å². The number of hydrogen-bond donors (Lipinski definition) is 2. The van der Waals surface area contributed by atoms with E-state index in [0.717, 1.165) is 10.8 Å². The molecule has 0 aliphatic heterocycles. The van der Waals surface area contributed by atoms with Crippen molar-refractivity contribution in [3.05, 3.63) is 23.5 Å². The molecule has 2 aromatic heterocycles. The first-order valence-corrected chi connectivity index (χ1v) is 6.14. The van der Waals surface area contributed by atoms with E-state index in [-0.39, 0.29) is 5.41 Å². The molecule has 5 nitrogen and oxygen atoms in total. The molecule has 0 spiro atoms. The molecule has 2 rings (SSSR count). The van der Waals surface area contributed by atoms with Gasteiger partial charge < -0.3 is 11.1 Å². The Hall–Kier alpha value is -1.69. The molecule has 2 aromatic rings. The molecule has 0 atom stereocenters. The predicted octanol–water partition coefficient (Wildman–Crippen LogP) is 2.56.